The van der Waals surface area contributed by atoms with E-state index in [0.29, 0.717) is 15.6 Å². The molecule has 0 aliphatic rings. The van der Waals surface area contributed by atoms with Crippen LogP contribution in [-0.2, 0) is 17.6 Å². The first-order valence-corrected chi connectivity index (χ1v) is 9.48. The molecule has 0 spiro atoms. The van der Waals surface area contributed by atoms with E-state index >= 15 is 0 Å². The lowest BCUT2D eigenvalue weighted by Gasteiger charge is -2.11. The molecule has 1 N–H and O–H groups in total. The first kappa shape index (κ1) is 20.1. The molecule has 0 atom stereocenters. The Hall–Kier alpha value is -2.62. The lowest BCUT2D eigenvalue weighted by molar-refractivity contribution is -0.117. The van der Waals surface area contributed by atoms with Gasteiger partial charge in [-0.3, -0.25) is 4.79 Å². The minimum Gasteiger partial charge on any atom is -0.478 e. The molecule has 3 aromatic rings. The van der Waals surface area contributed by atoms with Gasteiger partial charge in [0.25, 0.3) is 0 Å². The van der Waals surface area contributed by atoms with Gasteiger partial charge in [0, 0.05) is 12.8 Å². The molecular weight excluding hydrogens is 395 g/mol. The SMILES string of the molecule is Cc1ccccc1-c1ccc(C(=O)O)c(CC(=O)Cc2ccc(Cl)c(Cl)c2)c1. The van der Waals surface area contributed by atoms with Gasteiger partial charge in [-0.05, 0) is 59.0 Å². The quantitative estimate of drug-likeness (QED) is 0.538. The minimum absolute atomic E-state index is 0.0294. The normalized spacial score (nSPS) is 10.7. The number of halogens is 2. The van der Waals surface area contributed by atoms with Crippen molar-refractivity contribution in [2.75, 3.05) is 0 Å². The first-order valence-electron chi connectivity index (χ1n) is 8.73. The highest BCUT2D eigenvalue weighted by molar-refractivity contribution is 6.42. The van der Waals surface area contributed by atoms with E-state index < -0.39 is 5.97 Å². The number of hydrogen-bond acceptors (Lipinski definition) is 2. The fourth-order valence-electron chi connectivity index (χ4n) is 3.17. The molecule has 0 aromatic heterocycles. The summed E-state index contributed by atoms with van der Waals surface area (Å²) in [6, 6.07) is 18.0. The molecule has 0 saturated carbocycles. The Balaban J connectivity index is 1.89. The van der Waals surface area contributed by atoms with E-state index in [2.05, 4.69) is 0 Å². The van der Waals surface area contributed by atoms with Gasteiger partial charge in [-0.15, -0.1) is 0 Å². The molecule has 3 aromatic carbocycles. The number of carboxylic acids is 1. The molecule has 0 aliphatic heterocycles. The molecule has 0 radical (unpaired) electrons. The summed E-state index contributed by atoms with van der Waals surface area (Å²) in [6.45, 7) is 2.00. The summed E-state index contributed by atoms with van der Waals surface area (Å²) in [7, 11) is 0. The smallest absolute Gasteiger partial charge is 0.335 e. The second-order valence-corrected chi connectivity index (χ2v) is 7.45. The number of benzene rings is 3. The maximum atomic E-state index is 12.6. The number of rotatable bonds is 6. The van der Waals surface area contributed by atoms with Crippen LogP contribution < -0.4 is 0 Å². The molecule has 0 unspecified atom stereocenters. The van der Waals surface area contributed by atoms with Gasteiger partial charge in [0.05, 0.1) is 15.6 Å². The van der Waals surface area contributed by atoms with Crippen molar-refractivity contribution in [1.82, 2.24) is 0 Å². The van der Waals surface area contributed by atoms with Gasteiger partial charge in [-0.25, -0.2) is 4.79 Å². The van der Waals surface area contributed by atoms with Crippen LogP contribution in [0, 0.1) is 6.92 Å². The maximum Gasteiger partial charge on any atom is 0.335 e. The van der Waals surface area contributed by atoms with Crippen molar-refractivity contribution in [3.05, 3.63) is 93.0 Å². The average Bonchev–Trinajstić information content (AvgIpc) is 2.65. The topological polar surface area (TPSA) is 54.4 Å². The van der Waals surface area contributed by atoms with Crippen molar-refractivity contribution in [2.45, 2.75) is 19.8 Å². The van der Waals surface area contributed by atoms with Crippen LogP contribution >= 0.6 is 23.2 Å². The van der Waals surface area contributed by atoms with E-state index in [0.717, 1.165) is 22.3 Å². The predicted octanol–water partition coefficient (Wildman–Crippen LogP) is 6.02. The summed E-state index contributed by atoms with van der Waals surface area (Å²) < 4.78 is 0. The third-order valence-corrected chi connectivity index (χ3v) is 5.30. The third-order valence-electron chi connectivity index (χ3n) is 4.56. The number of ketones is 1. The summed E-state index contributed by atoms with van der Waals surface area (Å²) in [5.74, 6) is -1.14. The van der Waals surface area contributed by atoms with E-state index in [1.54, 1.807) is 36.4 Å². The van der Waals surface area contributed by atoms with Crippen LogP contribution in [0.3, 0.4) is 0 Å². The van der Waals surface area contributed by atoms with Crippen LogP contribution in [0.4, 0.5) is 0 Å². The lowest BCUT2D eigenvalue weighted by Crippen LogP contribution is -2.11. The summed E-state index contributed by atoms with van der Waals surface area (Å²) in [5.41, 5.74) is 4.36. The van der Waals surface area contributed by atoms with Crippen molar-refractivity contribution in [3.8, 4) is 11.1 Å². The standard InChI is InChI=1S/C23H18Cl2O3/c1-14-4-2-3-5-19(14)16-7-8-20(23(27)28)17(12-16)13-18(26)10-15-6-9-21(24)22(25)11-15/h2-9,11-12H,10,13H2,1H3,(H,27,28). The maximum absolute atomic E-state index is 12.6. The number of carbonyl (C=O) groups is 2. The zero-order valence-electron chi connectivity index (χ0n) is 15.2. The highest BCUT2D eigenvalue weighted by Gasteiger charge is 2.16. The molecule has 0 bridgehead atoms. The molecule has 0 aliphatic carbocycles. The van der Waals surface area contributed by atoms with Crippen LogP contribution in [-0.4, -0.2) is 16.9 Å². The van der Waals surface area contributed by atoms with Crippen molar-refractivity contribution < 1.29 is 14.7 Å². The van der Waals surface area contributed by atoms with Gasteiger partial charge >= 0.3 is 5.97 Å². The van der Waals surface area contributed by atoms with Gasteiger partial charge in [-0.1, -0.05) is 59.6 Å². The van der Waals surface area contributed by atoms with E-state index in [-0.39, 0.29) is 24.2 Å². The molecule has 0 amide bonds. The van der Waals surface area contributed by atoms with Crippen LogP contribution in [0.5, 0.6) is 0 Å². The van der Waals surface area contributed by atoms with Gasteiger partial charge in [0.2, 0.25) is 0 Å². The minimum atomic E-state index is -1.05. The van der Waals surface area contributed by atoms with Crippen molar-refractivity contribution in [3.63, 3.8) is 0 Å². The Morgan fingerprint density at radius 2 is 1.64 bits per heavy atom. The highest BCUT2D eigenvalue weighted by atomic mass is 35.5. The Labute approximate surface area is 173 Å². The molecule has 5 heteroatoms. The molecule has 0 saturated heterocycles. The van der Waals surface area contributed by atoms with Crippen LogP contribution in [0.2, 0.25) is 10.0 Å². The highest BCUT2D eigenvalue weighted by Crippen LogP contribution is 2.27. The van der Waals surface area contributed by atoms with Crippen LogP contribution in [0.1, 0.15) is 27.0 Å². The molecule has 28 heavy (non-hydrogen) atoms. The Morgan fingerprint density at radius 1 is 0.893 bits per heavy atom. The van der Waals surface area contributed by atoms with Crippen LogP contribution in [0.25, 0.3) is 11.1 Å². The van der Waals surface area contributed by atoms with E-state index in [4.69, 9.17) is 23.2 Å². The fraction of sp³-hybridized carbons (Fsp3) is 0.130. The number of aromatic carboxylic acids is 1. The van der Waals surface area contributed by atoms with E-state index in [1.165, 1.54) is 0 Å². The summed E-state index contributed by atoms with van der Waals surface area (Å²) in [6.07, 6.45) is 0.187. The zero-order chi connectivity index (χ0) is 20.3. The molecular formula is C23H18Cl2O3. The number of aryl methyl sites for hydroxylation is 1. The number of hydrogen-bond donors (Lipinski definition) is 1. The average molecular weight is 413 g/mol. The fourth-order valence-corrected chi connectivity index (χ4v) is 3.49. The zero-order valence-corrected chi connectivity index (χ0v) is 16.7. The summed E-state index contributed by atoms with van der Waals surface area (Å²) >= 11 is 11.9. The first-order chi connectivity index (χ1) is 13.3. The van der Waals surface area contributed by atoms with Crippen molar-refractivity contribution in [1.29, 1.82) is 0 Å². The second-order valence-electron chi connectivity index (χ2n) is 6.63. The van der Waals surface area contributed by atoms with Crippen LogP contribution in [0.15, 0.2) is 60.7 Å². The Morgan fingerprint density at radius 3 is 2.32 bits per heavy atom. The predicted molar refractivity (Wildman–Crippen MR) is 112 cm³/mol. The molecule has 3 nitrogen and oxygen atoms in total. The Bertz CT molecular complexity index is 1060. The monoisotopic (exact) mass is 412 g/mol. The van der Waals surface area contributed by atoms with E-state index in [9.17, 15) is 14.7 Å². The molecule has 0 fully saturated rings. The van der Waals surface area contributed by atoms with Gasteiger partial charge < -0.3 is 5.11 Å². The summed E-state index contributed by atoms with van der Waals surface area (Å²) in [4.78, 5) is 24.2. The largest absolute Gasteiger partial charge is 0.478 e. The number of carbonyl (C=O) groups excluding carboxylic acids is 1. The van der Waals surface area contributed by atoms with Crippen molar-refractivity contribution >= 4 is 35.0 Å². The van der Waals surface area contributed by atoms with Gasteiger partial charge in [-0.2, -0.15) is 0 Å². The van der Waals surface area contributed by atoms with Gasteiger partial charge in [0.15, 0.2) is 0 Å². The second kappa shape index (κ2) is 8.59. The molecule has 142 valence electrons. The number of carboxylic acid groups (broad SMARTS) is 1. The molecule has 3 rings (SSSR count). The van der Waals surface area contributed by atoms with Gasteiger partial charge in [0.1, 0.15) is 5.78 Å². The third kappa shape index (κ3) is 4.61. The van der Waals surface area contributed by atoms with Crippen molar-refractivity contribution in [2.24, 2.45) is 0 Å². The Kier molecular flexibility index (Phi) is 6.18. The van der Waals surface area contributed by atoms with E-state index in [1.807, 2.05) is 31.2 Å². The number of Topliss-reactive ketones (excluding diaryl/α,β-unsaturated/α-hetero) is 1. The lowest BCUT2D eigenvalue weighted by atomic mass is 9.93. The molecule has 0 heterocycles. The summed E-state index contributed by atoms with van der Waals surface area (Å²) in [5, 5.41) is 10.3.